The van der Waals surface area contributed by atoms with E-state index >= 15 is 0 Å². The Kier molecular flexibility index (Phi) is 5.36. The van der Waals surface area contributed by atoms with E-state index in [1.165, 1.54) is 16.9 Å². The van der Waals surface area contributed by atoms with Gasteiger partial charge in [-0.2, -0.15) is 0 Å². The van der Waals surface area contributed by atoms with Gasteiger partial charge >= 0.3 is 0 Å². The van der Waals surface area contributed by atoms with Crippen LogP contribution in [-0.2, 0) is 12.8 Å². The fraction of sp³-hybridized carbons (Fsp3) is 0.400. The molecule has 1 N–H and O–H groups in total. The minimum atomic E-state index is 0.519. The molecule has 0 radical (unpaired) electrons. The van der Waals surface area contributed by atoms with Gasteiger partial charge in [-0.3, -0.25) is 4.98 Å². The molecule has 18 heavy (non-hydrogen) atoms. The molecule has 1 atom stereocenters. The molecule has 0 aliphatic rings. The zero-order valence-electron chi connectivity index (χ0n) is 10.8. The Morgan fingerprint density at radius 3 is 2.72 bits per heavy atom. The molecule has 2 nitrogen and oxygen atoms in total. The van der Waals surface area contributed by atoms with E-state index in [1.807, 2.05) is 23.7 Å². The average molecular weight is 260 g/mol. The first-order valence-electron chi connectivity index (χ1n) is 6.53. The largest absolute Gasteiger partial charge is 0.313 e. The summed E-state index contributed by atoms with van der Waals surface area (Å²) in [7, 11) is 0. The van der Waals surface area contributed by atoms with Crippen molar-refractivity contribution in [2.24, 2.45) is 0 Å². The molecule has 96 valence electrons. The molecular formula is C15H20N2S. The molecular weight excluding hydrogens is 240 g/mol. The van der Waals surface area contributed by atoms with Crippen LogP contribution in [0.3, 0.4) is 0 Å². The van der Waals surface area contributed by atoms with Gasteiger partial charge in [-0.05, 0) is 54.9 Å². The Balaban J connectivity index is 1.96. The SMILES string of the molecule is CCCNC(Cc1ccncc1)Cc1cccs1. The highest BCUT2D eigenvalue weighted by Crippen LogP contribution is 2.13. The van der Waals surface area contributed by atoms with Crippen LogP contribution in [0.25, 0.3) is 0 Å². The van der Waals surface area contributed by atoms with E-state index in [9.17, 15) is 0 Å². The summed E-state index contributed by atoms with van der Waals surface area (Å²) in [5, 5.41) is 5.79. The van der Waals surface area contributed by atoms with Crippen LogP contribution in [0.2, 0.25) is 0 Å². The van der Waals surface area contributed by atoms with Crippen molar-refractivity contribution in [3.8, 4) is 0 Å². The summed E-state index contributed by atoms with van der Waals surface area (Å²) in [5.41, 5.74) is 1.36. The van der Waals surface area contributed by atoms with Crippen LogP contribution in [0.1, 0.15) is 23.8 Å². The van der Waals surface area contributed by atoms with E-state index in [1.54, 1.807) is 0 Å². The standard InChI is InChI=1S/C15H20N2S/c1-2-7-17-14(12-15-4-3-10-18-15)11-13-5-8-16-9-6-13/h3-6,8-10,14,17H,2,7,11-12H2,1H3. The highest BCUT2D eigenvalue weighted by molar-refractivity contribution is 7.09. The van der Waals surface area contributed by atoms with Crippen LogP contribution >= 0.6 is 11.3 Å². The van der Waals surface area contributed by atoms with Crippen LogP contribution in [0.15, 0.2) is 42.0 Å². The molecule has 0 saturated heterocycles. The number of hydrogen-bond donors (Lipinski definition) is 1. The van der Waals surface area contributed by atoms with Gasteiger partial charge in [0.05, 0.1) is 0 Å². The van der Waals surface area contributed by atoms with Crippen LogP contribution in [0, 0.1) is 0 Å². The van der Waals surface area contributed by atoms with E-state index in [2.05, 4.69) is 46.9 Å². The van der Waals surface area contributed by atoms with Crippen molar-refractivity contribution in [3.63, 3.8) is 0 Å². The van der Waals surface area contributed by atoms with Crippen molar-refractivity contribution in [3.05, 3.63) is 52.5 Å². The summed E-state index contributed by atoms with van der Waals surface area (Å²) in [5.74, 6) is 0. The van der Waals surface area contributed by atoms with Gasteiger partial charge < -0.3 is 5.32 Å². The fourth-order valence-corrected chi connectivity index (χ4v) is 2.83. The number of hydrogen-bond acceptors (Lipinski definition) is 3. The second-order valence-corrected chi connectivity index (χ2v) is 5.53. The summed E-state index contributed by atoms with van der Waals surface area (Å²) in [6.07, 6.45) is 7.10. The molecule has 1 unspecified atom stereocenters. The number of rotatable bonds is 7. The summed E-state index contributed by atoms with van der Waals surface area (Å²) in [6, 6.07) is 9.08. The number of pyridine rings is 1. The highest BCUT2D eigenvalue weighted by Gasteiger charge is 2.10. The second-order valence-electron chi connectivity index (χ2n) is 4.49. The zero-order chi connectivity index (χ0) is 12.6. The molecule has 0 amide bonds. The van der Waals surface area contributed by atoms with Crippen LogP contribution in [0.5, 0.6) is 0 Å². The van der Waals surface area contributed by atoms with Crippen molar-refractivity contribution in [1.82, 2.24) is 10.3 Å². The third-order valence-corrected chi connectivity index (χ3v) is 3.84. The summed E-state index contributed by atoms with van der Waals surface area (Å²) < 4.78 is 0. The first-order valence-corrected chi connectivity index (χ1v) is 7.41. The summed E-state index contributed by atoms with van der Waals surface area (Å²) >= 11 is 1.84. The molecule has 0 aromatic carbocycles. The molecule has 0 fully saturated rings. The molecule has 0 aliphatic heterocycles. The van der Waals surface area contributed by atoms with Crippen molar-refractivity contribution in [1.29, 1.82) is 0 Å². The van der Waals surface area contributed by atoms with Gasteiger partial charge in [0.2, 0.25) is 0 Å². The Hall–Kier alpha value is -1.19. The average Bonchev–Trinajstić information content (AvgIpc) is 2.90. The number of aromatic nitrogens is 1. The minimum absolute atomic E-state index is 0.519. The first kappa shape index (κ1) is 13.2. The van der Waals surface area contributed by atoms with Gasteiger partial charge in [0, 0.05) is 23.3 Å². The van der Waals surface area contributed by atoms with E-state index in [-0.39, 0.29) is 0 Å². The maximum atomic E-state index is 4.07. The number of nitrogens with one attached hydrogen (secondary N) is 1. The maximum absolute atomic E-state index is 4.07. The van der Waals surface area contributed by atoms with Gasteiger partial charge in [0.25, 0.3) is 0 Å². The van der Waals surface area contributed by atoms with Crippen molar-refractivity contribution >= 4 is 11.3 Å². The first-order chi connectivity index (χ1) is 8.88. The lowest BCUT2D eigenvalue weighted by Gasteiger charge is -2.17. The van der Waals surface area contributed by atoms with Gasteiger partial charge in [0.1, 0.15) is 0 Å². The lowest BCUT2D eigenvalue weighted by atomic mass is 10.0. The normalized spacial score (nSPS) is 12.5. The van der Waals surface area contributed by atoms with E-state index < -0.39 is 0 Å². The maximum Gasteiger partial charge on any atom is 0.0270 e. The van der Waals surface area contributed by atoms with Crippen molar-refractivity contribution in [2.45, 2.75) is 32.2 Å². The van der Waals surface area contributed by atoms with E-state index in [4.69, 9.17) is 0 Å². The minimum Gasteiger partial charge on any atom is -0.313 e. The smallest absolute Gasteiger partial charge is 0.0270 e. The van der Waals surface area contributed by atoms with Crippen molar-refractivity contribution < 1.29 is 0 Å². The number of thiophene rings is 1. The molecule has 0 aliphatic carbocycles. The monoisotopic (exact) mass is 260 g/mol. The molecule has 0 bridgehead atoms. The lowest BCUT2D eigenvalue weighted by molar-refractivity contribution is 0.507. The predicted octanol–water partition coefficient (Wildman–Crippen LogP) is 3.30. The Bertz CT molecular complexity index is 425. The molecule has 2 aromatic rings. The molecule has 0 saturated carbocycles. The van der Waals surface area contributed by atoms with E-state index in [0.717, 1.165) is 19.4 Å². The molecule has 3 heteroatoms. The third-order valence-electron chi connectivity index (χ3n) is 2.94. The molecule has 2 heterocycles. The predicted molar refractivity (Wildman–Crippen MR) is 78.0 cm³/mol. The quantitative estimate of drug-likeness (QED) is 0.826. The van der Waals surface area contributed by atoms with Gasteiger partial charge in [-0.25, -0.2) is 0 Å². The summed E-state index contributed by atoms with van der Waals surface area (Å²) in [4.78, 5) is 5.53. The van der Waals surface area contributed by atoms with Crippen LogP contribution in [0.4, 0.5) is 0 Å². The van der Waals surface area contributed by atoms with Crippen LogP contribution < -0.4 is 5.32 Å². The molecule has 2 rings (SSSR count). The zero-order valence-corrected chi connectivity index (χ0v) is 11.6. The molecule has 0 spiro atoms. The lowest BCUT2D eigenvalue weighted by Crippen LogP contribution is -2.33. The van der Waals surface area contributed by atoms with Gasteiger partial charge in [-0.15, -0.1) is 11.3 Å². The van der Waals surface area contributed by atoms with Crippen molar-refractivity contribution in [2.75, 3.05) is 6.54 Å². The number of nitrogens with zero attached hydrogens (tertiary/aromatic N) is 1. The third kappa shape index (κ3) is 4.24. The van der Waals surface area contributed by atoms with E-state index in [0.29, 0.717) is 6.04 Å². The Morgan fingerprint density at radius 2 is 2.06 bits per heavy atom. The summed E-state index contributed by atoms with van der Waals surface area (Å²) in [6.45, 7) is 3.29. The van der Waals surface area contributed by atoms with Gasteiger partial charge in [0.15, 0.2) is 0 Å². The highest BCUT2D eigenvalue weighted by atomic mass is 32.1. The van der Waals surface area contributed by atoms with Crippen LogP contribution in [-0.4, -0.2) is 17.6 Å². The van der Waals surface area contributed by atoms with Gasteiger partial charge in [-0.1, -0.05) is 13.0 Å². The topological polar surface area (TPSA) is 24.9 Å². The molecule has 2 aromatic heterocycles. The Labute approximate surface area is 113 Å². The second kappa shape index (κ2) is 7.29. The fourth-order valence-electron chi connectivity index (χ4n) is 2.04. The Morgan fingerprint density at radius 1 is 1.22 bits per heavy atom.